The molecular formula is C14H13N3. The summed E-state index contributed by atoms with van der Waals surface area (Å²) in [5.41, 5.74) is 2.98. The number of pyridine rings is 1. The lowest BCUT2D eigenvalue weighted by Crippen LogP contribution is -2.08. The van der Waals surface area contributed by atoms with Gasteiger partial charge in [0.25, 0.3) is 0 Å². The van der Waals surface area contributed by atoms with Gasteiger partial charge in [-0.2, -0.15) is 5.26 Å². The molecule has 1 aromatic carbocycles. The number of nitrogens with zero attached hydrogens (tertiary/aromatic N) is 2. The number of nitrogens with one attached hydrogen (secondary N) is 1. The normalized spacial score (nSPS) is 11.5. The molecule has 1 aromatic heterocycles. The second-order valence-corrected chi connectivity index (χ2v) is 3.86. The first-order valence-electron chi connectivity index (χ1n) is 5.42. The van der Waals surface area contributed by atoms with Crippen LogP contribution < -0.4 is 5.32 Å². The summed E-state index contributed by atoms with van der Waals surface area (Å²) in [6, 6.07) is 13.5. The second-order valence-electron chi connectivity index (χ2n) is 3.86. The Morgan fingerprint density at radius 3 is 2.82 bits per heavy atom. The Morgan fingerprint density at radius 1 is 1.29 bits per heavy atom. The van der Waals surface area contributed by atoms with E-state index < -0.39 is 0 Å². The summed E-state index contributed by atoms with van der Waals surface area (Å²) in [7, 11) is 0. The molecule has 1 unspecified atom stereocenters. The van der Waals surface area contributed by atoms with Gasteiger partial charge in [-0.1, -0.05) is 18.2 Å². The number of nitriles is 1. The third-order valence-electron chi connectivity index (χ3n) is 2.48. The summed E-state index contributed by atoms with van der Waals surface area (Å²) >= 11 is 0. The first kappa shape index (κ1) is 11.2. The molecule has 0 saturated carbocycles. The first-order valence-corrected chi connectivity index (χ1v) is 5.42. The lowest BCUT2D eigenvalue weighted by Gasteiger charge is -2.13. The van der Waals surface area contributed by atoms with E-state index in [9.17, 15) is 0 Å². The zero-order valence-electron chi connectivity index (χ0n) is 9.59. The van der Waals surface area contributed by atoms with Gasteiger partial charge in [0, 0.05) is 23.6 Å². The molecule has 0 fully saturated rings. The summed E-state index contributed by atoms with van der Waals surface area (Å²) < 4.78 is 0. The molecule has 0 bridgehead atoms. The number of aromatic nitrogens is 1. The van der Waals surface area contributed by atoms with E-state index in [0.29, 0.717) is 0 Å². The molecular weight excluding hydrogens is 210 g/mol. The molecule has 0 amide bonds. The van der Waals surface area contributed by atoms with E-state index in [4.69, 9.17) is 5.26 Å². The maximum absolute atomic E-state index is 9.17. The molecule has 84 valence electrons. The Bertz CT molecular complexity index is 529. The van der Waals surface area contributed by atoms with E-state index in [-0.39, 0.29) is 6.04 Å². The van der Waals surface area contributed by atoms with Crippen molar-refractivity contribution in [3.05, 3.63) is 59.9 Å². The van der Waals surface area contributed by atoms with Gasteiger partial charge in [-0.25, -0.2) is 0 Å². The summed E-state index contributed by atoms with van der Waals surface area (Å²) in [4.78, 5) is 4.02. The van der Waals surface area contributed by atoms with Gasteiger partial charge in [-0.15, -0.1) is 0 Å². The van der Waals surface area contributed by atoms with Crippen LogP contribution in [0.3, 0.4) is 0 Å². The molecule has 0 aliphatic rings. The van der Waals surface area contributed by atoms with Crippen molar-refractivity contribution < 1.29 is 0 Å². The molecule has 1 heterocycles. The molecule has 3 nitrogen and oxygen atoms in total. The standard InChI is InChI=1S/C14H13N3/c1-11-4-2-6-13(8-11)17-14(9-15)12-5-3-7-16-10-12/h2-8,10,14,17H,1H3. The minimum atomic E-state index is -0.370. The third kappa shape index (κ3) is 2.82. The van der Waals surface area contributed by atoms with Gasteiger partial charge in [-0.3, -0.25) is 4.98 Å². The van der Waals surface area contributed by atoms with Crippen molar-refractivity contribution in [2.45, 2.75) is 13.0 Å². The van der Waals surface area contributed by atoms with E-state index in [2.05, 4.69) is 16.4 Å². The van der Waals surface area contributed by atoms with Crippen molar-refractivity contribution in [1.29, 1.82) is 5.26 Å². The van der Waals surface area contributed by atoms with Crippen LogP contribution in [0.2, 0.25) is 0 Å². The molecule has 1 N–H and O–H groups in total. The summed E-state index contributed by atoms with van der Waals surface area (Å²) in [5, 5.41) is 12.4. The predicted octanol–water partition coefficient (Wildman–Crippen LogP) is 3.07. The molecule has 1 atom stereocenters. The highest BCUT2D eigenvalue weighted by Gasteiger charge is 2.09. The van der Waals surface area contributed by atoms with Crippen molar-refractivity contribution in [3.63, 3.8) is 0 Å². The van der Waals surface area contributed by atoms with Crippen LogP contribution in [0.25, 0.3) is 0 Å². The second kappa shape index (κ2) is 5.13. The minimum absolute atomic E-state index is 0.370. The van der Waals surface area contributed by atoms with Crippen LogP contribution in [0.1, 0.15) is 17.2 Å². The van der Waals surface area contributed by atoms with Crippen LogP contribution >= 0.6 is 0 Å². The highest BCUT2D eigenvalue weighted by atomic mass is 14.9. The smallest absolute Gasteiger partial charge is 0.141 e. The molecule has 0 radical (unpaired) electrons. The van der Waals surface area contributed by atoms with Crippen molar-refractivity contribution in [2.24, 2.45) is 0 Å². The SMILES string of the molecule is Cc1cccc(NC(C#N)c2cccnc2)c1. The van der Waals surface area contributed by atoms with E-state index in [1.807, 2.05) is 43.3 Å². The monoisotopic (exact) mass is 223 g/mol. The Hall–Kier alpha value is -2.34. The highest BCUT2D eigenvalue weighted by molar-refractivity contribution is 5.48. The third-order valence-corrected chi connectivity index (χ3v) is 2.48. The number of hydrogen-bond donors (Lipinski definition) is 1. The van der Waals surface area contributed by atoms with E-state index in [1.165, 1.54) is 0 Å². The largest absolute Gasteiger partial charge is 0.366 e. The van der Waals surface area contributed by atoms with Crippen molar-refractivity contribution in [1.82, 2.24) is 4.98 Å². The van der Waals surface area contributed by atoms with Gasteiger partial charge in [0.05, 0.1) is 6.07 Å². The fraction of sp³-hybridized carbons (Fsp3) is 0.143. The van der Waals surface area contributed by atoms with Crippen LogP contribution in [0, 0.1) is 18.3 Å². The van der Waals surface area contributed by atoms with Crippen molar-refractivity contribution >= 4 is 5.69 Å². The molecule has 0 saturated heterocycles. The topological polar surface area (TPSA) is 48.7 Å². The van der Waals surface area contributed by atoms with Crippen molar-refractivity contribution in [2.75, 3.05) is 5.32 Å². The number of benzene rings is 1. The van der Waals surface area contributed by atoms with Crippen LogP contribution in [-0.4, -0.2) is 4.98 Å². The fourth-order valence-corrected chi connectivity index (χ4v) is 1.64. The molecule has 3 heteroatoms. The molecule has 0 spiro atoms. The predicted molar refractivity (Wildman–Crippen MR) is 67.4 cm³/mol. The first-order chi connectivity index (χ1) is 8.29. The molecule has 17 heavy (non-hydrogen) atoms. The zero-order valence-corrected chi connectivity index (χ0v) is 9.59. The summed E-state index contributed by atoms with van der Waals surface area (Å²) in [5.74, 6) is 0. The lowest BCUT2D eigenvalue weighted by molar-refractivity contribution is 0.981. The van der Waals surface area contributed by atoms with Gasteiger partial charge >= 0.3 is 0 Å². The number of hydrogen-bond acceptors (Lipinski definition) is 3. The lowest BCUT2D eigenvalue weighted by atomic mass is 10.1. The zero-order chi connectivity index (χ0) is 12.1. The summed E-state index contributed by atoms with van der Waals surface area (Å²) in [6.07, 6.45) is 3.40. The van der Waals surface area contributed by atoms with Crippen LogP contribution in [0.4, 0.5) is 5.69 Å². The Labute approximate surface area is 101 Å². The Balaban J connectivity index is 2.20. The highest BCUT2D eigenvalue weighted by Crippen LogP contribution is 2.18. The van der Waals surface area contributed by atoms with E-state index >= 15 is 0 Å². The van der Waals surface area contributed by atoms with Crippen LogP contribution in [0.5, 0.6) is 0 Å². The van der Waals surface area contributed by atoms with Gasteiger partial charge in [0.1, 0.15) is 6.04 Å². The van der Waals surface area contributed by atoms with E-state index in [1.54, 1.807) is 12.4 Å². The summed E-state index contributed by atoms with van der Waals surface area (Å²) in [6.45, 7) is 2.02. The Kier molecular flexibility index (Phi) is 3.37. The maximum Gasteiger partial charge on any atom is 0.141 e. The number of anilines is 1. The van der Waals surface area contributed by atoms with E-state index in [0.717, 1.165) is 16.8 Å². The average molecular weight is 223 g/mol. The molecule has 2 rings (SSSR count). The van der Waals surface area contributed by atoms with Crippen LogP contribution in [-0.2, 0) is 0 Å². The Morgan fingerprint density at radius 2 is 2.18 bits per heavy atom. The molecule has 0 aliphatic heterocycles. The number of aryl methyl sites for hydroxylation is 1. The molecule has 2 aromatic rings. The van der Waals surface area contributed by atoms with Crippen LogP contribution in [0.15, 0.2) is 48.8 Å². The van der Waals surface area contributed by atoms with Gasteiger partial charge in [0.15, 0.2) is 0 Å². The maximum atomic E-state index is 9.17. The van der Waals surface area contributed by atoms with Crippen molar-refractivity contribution in [3.8, 4) is 6.07 Å². The number of rotatable bonds is 3. The minimum Gasteiger partial charge on any atom is -0.366 e. The average Bonchev–Trinajstić information content (AvgIpc) is 2.37. The van der Waals surface area contributed by atoms with Gasteiger partial charge in [0.2, 0.25) is 0 Å². The quantitative estimate of drug-likeness (QED) is 0.869. The fourth-order valence-electron chi connectivity index (χ4n) is 1.64. The van der Waals surface area contributed by atoms with Gasteiger partial charge < -0.3 is 5.32 Å². The molecule has 0 aliphatic carbocycles. The van der Waals surface area contributed by atoms with Gasteiger partial charge in [-0.05, 0) is 30.7 Å².